The van der Waals surface area contributed by atoms with Gasteiger partial charge in [0.05, 0.1) is 5.56 Å². The number of carbonyl (C=O) groups excluding carboxylic acids is 1. The van der Waals surface area contributed by atoms with Crippen LogP contribution in [0.1, 0.15) is 45.1 Å². The highest BCUT2D eigenvalue weighted by molar-refractivity contribution is 5.63. The fourth-order valence-electron chi connectivity index (χ4n) is 2.52. The van der Waals surface area contributed by atoms with E-state index in [2.05, 4.69) is 4.98 Å². The Hall–Kier alpha value is -2.57. The van der Waals surface area contributed by atoms with Crippen molar-refractivity contribution in [3.8, 4) is 17.4 Å². The largest absolute Gasteiger partial charge is 0.480 e. The molecule has 7 heteroatoms. The number of halogens is 3. The summed E-state index contributed by atoms with van der Waals surface area (Å²) >= 11 is 0. The molecule has 0 spiro atoms. The number of aldehydes is 1. The quantitative estimate of drug-likeness (QED) is 0.514. The van der Waals surface area contributed by atoms with Gasteiger partial charge in [-0.1, -0.05) is 20.3 Å². The third-order valence-electron chi connectivity index (χ3n) is 4.20. The molecular weight excluding hydrogens is 359 g/mol. The third kappa shape index (κ3) is 5.70. The summed E-state index contributed by atoms with van der Waals surface area (Å²) < 4.78 is 49.5. The molecule has 0 amide bonds. The molecule has 146 valence electrons. The maximum absolute atomic E-state index is 12.7. The van der Waals surface area contributed by atoms with Crippen LogP contribution in [-0.4, -0.2) is 16.9 Å². The van der Waals surface area contributed by atoms with Crippen molar-refractivity contribution < 1.29 is 27.4 Å². The lowest BCUT2D eigenvalue weighted by molar-refractivity contribution is -0.137. The number of hydrogen-bond acceptors (Lipinski definition) is 4. The molecule has 1 aromatic heterocycles. The fourth-order valence-corrected chi connectivity index (χ4v) is 2.52. The summed E-state index contributed by atoms with van der Waals surface area (Å²) in [5.41, 5.74) is -1.71. The summed E-state index contributed by atoms with van der Waals surface area (Å²) in [5.74, 6) is 0.651. The van der Waals surface area contributed by atoms with Crippen molar-refractivity contribution in [1.82, 2.24) is 4.98 Å². The molecule has 1 heterocycles. The van der Waals surface area contributed by atoms with Gasteiger partial charge >= 0.3 is 6.18 Å². The standard InChI is InChI=1S/C20H22F3NO3/c1-3-5-11-19(4-2,14-25)27-17-8-6-16(7-9-17)26-18-13-15(10-12-24-18)20(21,22)23/h6-10,12-14H,3-5,11H2,1-2H3. The van der Waals surface area contributed by atoms with Gasteiger partial charge in [0.15, 0.2) is 11.9 Å². The molecule has 0 saturated carbocycles. The molecule has 0 fully saturated rings. The van der Waals surface area contributed by atoms with Gasteiger partial charge in [0, 0.05) is 12.3 Å². The van der Waals surface area contributed by atoms with Crippen LogP contribution < -0.4 is 9.47 Å². The molecule has 0 aliphatic carbocycles. The Labute approximate surface area is 156 Å². The second-order valence-corrected chi connectivity index (χ2v) is 6.20. The van der Waals surface area contributed by atoms with E-state index < -0.39 is 17.3 Å². The van der Waals surface area contributed by atoms with Crippen molar-refractivity contribution in [1.29, 1.82) is 0 Å². The zero-order chi connectivity index (χ0) is 19.9. The Morgan fingerprint density at radius 2 is 1.74 bits per heavy atom. The maximum atomic E-state index is 12.7. The minimum atomic E-state index is -4.46. The average molecular weight is 381 g/mol. The maximum Gasteiger partial charge on any atom is 0.416 e. The van der Waals surface area contributed by atoms with Crippen molar-refractivity contribution >= 4 is 6.29 Å². The number of nitrogens with zero attached hydrogens (tertiary/aromatic N) is 1. The van der Waals surface area contributed by atoms with E-state index in [1.54, 1.807) is 24.3 Å². The number of carbonyl (C=O) groups is 1. The van der Waals surface area contributed by atoms with Crippen LogP contribution in [0.5, 0.6) is 17.4 Å². The number of rotatable bonds is 9. The van der Waals surface area contributed by atoms with Crippen molar-refractivity contribution in [2.75, 3.05) is 0 Å². The molecule has 27 heavy (non-hydrogen) atoms. The van der Waals surface area contributed by atoms with Gasteiger partial charge in [-0.15, -0.1) is 0 Å². The average Bonchev–Trinajstić information content (AvgIpc) is 2.66. The molecule has 0 N–H and O–H groups in total. The molecule has 1 aromatic carbocycles. The first-order valence-electron chi connectivity index (χ1n) is 8.78. The lowest BCUT2D eigenvalue weighted by Crippen LogP contribution is -2.37. The van der Waals surface area contributed by atoms with Crippen LogP contribution in [0.2, 0.25) is 0 Å². The van der Waals surface area contributed by atoms with E-state index in [9.17, 15) is 18.0 Å². The fraction of sp³-hybridized carbons (Fsp3) is 0.400. The lowest BCUT2D eigenvalue weighted by atomic mass is 9.95. The summed E-state index contributed by atoms with van der Waals surface area (Å²) in [6.45, 7) is 3.93. The topological polar surface area (TPSA) is 48.4 Å². The number of ether oxygens (including phenoxy) is 2. The smallest absolute Gasteiger partial charge is 0.416 e. The normalized spacial score (nSPS) is 13.7. The van der Waals surface area contributed by atoms with E-state index in [1.807, 2.05) is 13.8 Å². The van der Waals surface area contributed by atoms with E-state index in [0.29, 0.717) is 24.3 Å². The molecular formula is C20H22F3NO3. The first-order valence-corrected chi connectivity index (χ1v) is 8.78. The van der Waals surface area contributed by atoms with E-state index in [0.717, 1.165) is 37.5 Å². The predicted molar refractivity (Wildman–Crippen MR) is 95.0 cm³/mol. The Morgan fingerprint density at radius 1 is 1.07 bits per heavy atom. The Balaban J connectivity index is 2.10. The van der Waals surface area contributed by atoms with Crippen LogP contribution in [0.3, 0.4) is 0 Å². The summed E-state index contributed by atoms with van der Waals surface area (Å²) in [4.78, 5) is 15.3. The number of pyridine rings is 1. The van der Waals surface area contributed by atoms with Crippen LogP contribution in [0.25, 0.3) is 0 Å². The van der Waals surface area contributed by atoms with Crippen molar-refractivity contribution in [3.63, 3.8) is 0 Å². The van der Waals surface area contributed by atoms with Gasteiger partial charge in [0.25, 0.3) is 0 Å². The minimum Gasteiger partial charge on any atom is -0.480 e. The van der Waals surface area contributed by atoms with Crippen molar-refractivity contribution in [2.24, 2.45) is 0 Å². The zero-order valence-electron chi connectivity index (χ0n) is 15.3. The predicted octanol–water partition coefficient (Wildman–Crippen LogP) is 5.81. The van der Waals surface area contributed by atoms with E-state index in [4.69, 9.17) is 9.47 Å². The van der Waals surface area contributed by atoms with Gasteiger partial charge in [-0.3, -0.25) is 4.79 Å². The molecule has 4 nitrogen and oxygen atoms in total. The number of aromatic nitrogens is 1. The highest BCUT2D eigenvalue weighted by Gasteiger charge is 2.31. The highest BCUT2D eigenvalue weighted by atomic mass is 19.4. The number of unbranched alkanes of at least 4 members (excludes halogenated alkanes) is 1. The summed E-state index contributed by atoms with van der Waals surface area (Å²) in [6, 6.07) is 8.06. The van der Waals surface area contributed by atoms with Gasteiger partial charge in [0.1, 0.15) is 11.5 Å². The molecule has 2 aromatic rings. The molecule has 0 aliphatic rings. The first-order chi connectivity index (χ1) is 12.8. The number of alkyl halides is 3. The molecule has 2 rings (SSSR count). The first kappa shape index (κ1) is 20.7. The molecule has 0 radical (unpaired) electrons. The summed E-state index contributed by atoms with van der Waals surface area (Å²) in [5, 5.41) is 0. The van der Waals surface area contributed by atoms with Gasteiger partial charge in [-0.05, 0) is 49.6 Å². The number of benzene rings is 1. The molecule has 0 bridgehead atoms. The minimum absolute atomic E-state index is 0.155. The van der Waals surface area contributed by atoms with Crippen LogP contribution >= 0.6 is 0 Å². The highest BCUT2D eigenvalue weighted by Crippen LogP contribution is 2.32. The van der Waals surface area contributed by atoms with Gasteiger partial charge in [-0.25, -0.2) is 4.98 Å². The van der Waals surface area contributed by atoms with Crippen molar-refractivity contribution in [3.05, 3.63) is 48.2 Å². The SMILES string of the molecule is CCCCC(C=O)(CC)Oc1ccc(Oc2cc(C(F)(F)F)ccn2)cc1. The van der Waals surface area contributed by atoms with Crippen LogP contribution in [0, 0.1) is 0 Å². The van der Waals surface area contributed by atoms with Crippen LogP contribution in [0.4, 0.5) is 13.2 Å². The molecule has 1 atom stereocenters. The van der Waals surface area contributed by atoms with Crippen molar-refractivity contribution in [2.45, 2.75) is 51.3 Å². The Morgan fingerprint density at radius 3 is 2.30 bits per heavy atom. The third-order valence-corrected chi connectivity index (χ3v) is 4.20. The Bertz CT molecular complexity index is 747. The number of hydrogen-bond donors (Lipinski definition) is 0. The second kappa shape index (κ2) is 8.88. The zero-order valence-corrected chi connectivity index (χ0v) is 15.3. The molecule has 0 aliphatic heterocycles. The summed E-state index contributed by atoms with van der Waals surface area (Å²) in [7, 11) is 0. The van der Waals surface area contributed by atoms with Gasteiger partial charge < -0.3 is 9.47 Å². The van der Waals surface area contributed by atoms with E-state index in [1.165, 1.54) is 0 Å². The lowest BCUT2D eigenvalue weighted by Gasteiger charge is -2.28. The van der Waals surface area contributed by atoms with Crippen LogP contribution in [0.15, 0.2) is 42.6 Å². The van der Waals surface area contributed by atoms with E-state index in [-0.39, 0.29) is 5.88 Å². The van der Waals surface area contributed by atoms with Crippen LogP contribution in [-0.2, 0) is 11.0 Å². The van der Waals surface area contributed by atoms with Gasteiger partial charge in [0.2, 0.25) is 5.88 Å². The monoisotopic (exact) mass is 381 g/mol. The molecule has 0 saturated heterocycles. The molecule has 1 unspecified atom stereocenters. The van der Waals surface area contributed by atoms with Gasteiger partial charge in [-0.2, -0.15) is 13.2 Å². The Kier molecular flexibility index (Phi) is 6.82. The second-order valence-electron chi connectivity index (χ2n) is 6.20. The van der Waals surface area contributed by atoms with E-state index >= 15 is 0 Å². The summed E-state index contributed by atoms with van der Waals surface area (Å²) in [6.07, 6.45) is 0.405.